The van der Waals surface area contributed by atoms with Crippen LogP contribution in [0.5, 0.6) is 0 Å². The lowest BCUT2D eigenvalue weighted by atomic mass is 10.5. The minimum Gasteiger partial charge on any atom is -0.367 e. The van der Waals surface area contributed by atoms with Gasteiger partial charge in [-0.2, -0.15) is 31.3 Å². The zero-order valence-electron chi connectivity index (χ0n) is 14.8. The first kappa shape index (κ1) is 25.9. The van der Waals surface area contributed by atoms with Gasteiger partial charge in [-0.1, -0.05) is 6.92 Å². The molecular formula is C13H16F7N2O5PS. The molecule has 0 spiro atoms. The van der Waals surface area contributed by atoms with E-state index in [0.29, 0.717) is 5.75 Å². The second-order valence-corrected chi connectivity index (χ2v) is 8.48. The molecule has 0 aliphatic rings. The van der Waals surface area contributed by atoms with Crippen LogP contribution in [0.3, 0.4) is 0 Å². The minimum absolute atomic E-state index is 0.125. The molecule has 1 aromatic rings. The summed E-state index contributed by atoms with van der Waals surface area (Å²) in [4.78, 5) is 15.2. The van der Waals surface area contributed by atoms with E-state index >= 15 is 0 Å². The molecule has 0 atom stereocenters. The number of hydrogen-bond acceptors (Lipinski definition) is 7. The predicted octanol–water partition coefficient (Wildman–Crippen LogP) is 3.82. The van der Waals surface area contributed by atoms with Crippen LogP contribution in [0, 0.1) is 5.82 Å². The first-order valence-electron chi connectivity index (χ1n) is 7.74. The Morgan fingerprint density at radius 3 is 2.17 bits per heavy atom. The summed E-state index contributed by atoms with van der Waals surface area (Å²) in [6, 6.07) is 0. The molecule has 0 amide bonds. The van der Waals surface area contributed by atoms with Gasteiger partial charge in [0.05, 0.1) is 13.2 Å². The van der Waals surface area contributed by atoms with E-state index < -0.39 is 57.6 Å². The van der Waals surface area contributed by atoms with Gasteiger partial charge in [-0.05, 0) is 5.75 Å². The molecule has 7 nitrogen and oxygen atoms in total. The molecule has 0 fully saturated rings. The van der Waals surface area contributed by atoms with Crippen molar-refractivity contribution in [2.45, 2.75) is 30.8 Å². The molecule has 168 valence electrons. The number of nitrogens with zero attached hydrogens (tertiary/aromatic N) is 2. The van der Waals surface area contributed by atoms with Crippen molar-refractivity contribution in [3.8, 4) is 0 Å². The molecule has 0 aromatic carbocycles. The molecule has 1 aromatic heterocycles. The summed E-state index contributed by atoms with van der Waals surface area (Å²) in [5, 5.41) is -0.125. The summed E-state index contributed by atoms with van der Waals surface area (Å²) in [5.41, 5.74) is -0.851. The molecule has 0 radical (unpaired) electrons. The van der Waals surface area contributed by atoms with Crippen molar-refractivity contribution in [3.05, 3.63) is 22.5 Å². The Balaban J connectivity index is 2.69. The first-order valence-corrected chi connectivity index (χ1v) is 10.5. The molecule has 0 unspecified atom stereocenters. The highest BCUT2D eigenvalue weighted by Crippen LogP contribution is 2.50. The average Bonchev–Trinajstić information content (AvgIpc) is 2.58. The lowest BCUT2D eigenvalue weighted by Gasteiger charge is -2.20. The van der Waals surface area contributed by atoms with Crippen LogP contribution in [-0.4, -0.2) is 53.8 Å². The summed E-state index contributed by atoms with van der Waals surface area (Å²) in [7, 11) is -4.91. The van der Waals surface area contributed by atoms with Crippen molar-refractivity contribution in [2.75, 3.05) is 31.9 Å². The van der Waals surface area contributed by atoms with Crippen LogP contribution in [0.15, 0.2) is 16.0 Å². The summed E-state index contributed by atoms with van der Waals surface area (Å²) in [6.07, 6.45) is -10.4. The molecule has 0 saturated heterocycles. The zero-order valence-corrected chi connectivity index (χ0v) is 16.5. The van der Waals surface area contributed by atoms with Gasteiger partial charge in [-0.3, -0.25) is 18.2 Å². The predicted molar refractivity (Wildman–Crippen MR) is 87.3 cm³/mol. The summed E-state index contributed by atoms with van der Waals surface area (Å²) in [6.45, 7) is -3.40. The fourth-order valence-corrected chi connectivity index (χ4v) is 3.51. The fraction of sp³-hybridized carbons (Fsp3) is 0.692. The number of thioether (sulfide) groups is 1. The number of halogens is 7. The van der Waals surface area contributed by atoms with Crippen LogP contribution in [0.25, 0.3) is 0 Å². The van der Waals surface area contributed by atoms with Gasteiger partial charge in [0.1, 0.15) is 11.4 Å². The van der Waals surface area contributed by atoms with Crippen LogP contribution < -0.4 is 5.69 Å². The van der Waals surface area contributed by atoms with Crippen molar-refractivity contribution >= 4 is 19.4 Å². The van der Waals surface area contributed by atoms with Gasteiger partial charge in [-0.25, -0.2) is 9.18 Å². The Bertz CT molecular complexity index is 749. The second-order valence-electron chi connectivity index (χ2n) is 5.23. The first-order chi connectivity index (χ1) is 13.2. The number of rotatable bonds is 11. The molecule has 0 N–H and O–H groups in total. The number of alkyl halides is 6. The van der Waals surface area contributed by atoms with Crippen molar-refractivity contribution in [3.63, 3.8) is 0 Å². The molecular weight excluding hydrogens is 460 g/mol. The van der Waals surface area contributed by atoms with E-state index in [9.17, 15) is 40.1 Å². The topological polar surface area (TPSA) is 79.7 Å². The molecule has 0 aliphatic heterocycles. The van der Waals surface area contributed by atoms with Crippen LogP contribution >= 0.6 is 19.4 Å². The molecule has 16 heteroatoms. The lowest BCUT2D eigenvalue weighted by Crippen LogP contribution is -2.26. The third kappa shape index (κ3) is 10.4. The summed E-state index contributed by atoms with van der Waals surface area (Å²) >= 11 is 0.987. The van der Waals surface area contributed by atoms with Crippen molar-refractivity contribution in [1.29, 1.82) is 0 Å². The van der Waals surface area contributed by atoms with E-state index in [1.54, 1.807) is 6.92 Å². The molecule has 1 heterocycles. The van der Waals surface area contributed by atoms with Gasteiger partial charge in [0.2, 0.25) is 0 Å². The number of aromatic nitrogens is 2. The van der Waals surface area contributed by atoms with E-state index in [-0.39, 0.29) is 11.6 Å². The Morgan fingerprint density at radius 1 is 1.14 bits per heavy atom. The van der Waals surface area contributed by atoms with Crippen LogP contribution in [0.1, 0.15) is 6.92 Å². The minimum atomic E-state index is -4.97. The maximum absolute atomic E-state index is 13.8. The van der Waals surface area contributed by atoms with Gasteiger partial charge < -0.3 is 4.74 Å². The van der Waals surface area contributed by atoms with E-state index in [2.05, 4.69) is 14.0 Å². The Labute approximate surface area is 164 Å². The van der Waals surface area contributed by atoms with Gasteiger partial charge in [0.25, 0.3) is 0 Å². The highest BCUT2D eigenvalue weighted by molar-refractivity contribution is 7.99. The summed E-state index contributed by atoms with van der Waals surface area (Å²) in [5.74, 6) is -0.342. The highest BCUT2D eigenvalue weighted by Gasteiger charge is 2.38. The van der Waals surface area contributed by atoms with Crippen LogP contribution in [-0.2, 0) is 24.9 Å². The fourth-order valence-electron chi connectivity index (χ4n) is 1.64. The van der Waals surface area contributed by atoms with Gasteiger partial charge in [-0.15, -0.1) is 11.8 Å². The molecule has 29 heavy (non-hydrogen) atoms. The Morgan fingerprint density at radius 2 is 1.69 bits per heavy atom. The highest BCUT2D eigenvalue weighted by atomic mass is 32.2. The van der Waals surface area contributed by atoms with Crippen molar-refractivity contribution in [1.82, 2.24) is 9.55 Å². The standard InChI is InChI=1S/C13H16F7N2O5PS/c1-2-29-10-9(14)5-22(11(23)21-10)3-4-25-8-28(24,26-6-12(15,16)17)27-7-13(18,19)20/h5H,2-4,6-8H2,1H3. The Kier molecular flexibility index (Phi) is 9.60. The number of hydrogen-bond donors (Lipinski definition) is 0. The van der Waals surface area contributed by atoms with Crippen LogP contribution in [0.2, 0.25) is 0 Å². The lowest BCUT2D eigenvalue weighted by molar-refractivity contribution is -0.166. The monoisotopic (exact) mass is 476 g/mol. The SMILES string of the molecule is CCSc1nc(=O)n(CCOCP(=O)(OCC(F)(F)F)OCC(F)(F)F)cc1F. The van der Waals surface area contributed by atoms with Gasteiger partial charge in [0, 0.05) is 6.20 Å². The zero-order chi connectivity index (χ0) is 22.3. The molecule has 0 bridgehead atoms. The smallest absolute Gasteiger partial charge is 0.367 e. The largest absolute Gasteiger partial charge is 0.412 e. The third-order valence-corrected chi connectivity index (χ3v) is 5.17. The van der Waals surface area contributed by atoms with Crippen molar-refractivity contribution in [2.24, 2.45) is 0 Å². The number of ether oxygens (including phenoxy) is 1. The van der Waals surface area contributed by atoms with Crippen LogP contribution in [0.4, 0.5) is 30.7 Å². The van der Waals surface area contributed by atoms with E-state index in [4.69, 9.17) is 4.74 Å². The second kappa shape index (κ2) is 10.8. The Hall–Kier alpha value is -1.15. The van der Waals surface area contributed by atoms with E-state index in [1.165, 1.54) is 0 Å². The van der Waals surface area contributed by atoms with Gasteiger partial charge in [0.15, 0.2) is 19.0 Å². The van der Waals surface area contributed by atoms with E-state index in [0.717, 1.165) is 22.5 Å². The van der Waals surface area contributed by atoms with E-state index in [1.807, 2.05) is 0 Å². The maximum Gasteiger partial charge on any atom is 0.412 e. The summed E-state index contributed by atoms with van der Waals surface area (Å²) < 4.78 is 112. The maximum atomic E-state index is 13.8. The molecule has 0 saturated carbocycles. The van der Waals surface area contributed by atoms with Gasteiger partial charge >= 0.3 is 25.6 Å². The quantitative estimate of drug-likeness (QED) is 0.158. The molecule has 1 rings (SSSR count). The third-order valence-electron chi connectivity index (χ3n) is 2.77. The normalized spacial score (nSPS) is 13.1. The van der Waals surface area contributed by atoms with Crippen molar-refractivity contribution < 1.29 is 49.1 Å². The average molecular weight is 476 g/mol. The molecule has 0 aliphatic carbocycles.